The minimum atomic E-state index is -1.21. The SMILES string of the molecule is CCN1CCN(Cc2cccc(C(=O)O)c2F)CC1C. The highest BCUT2D eigenvalue weighted by atomic mass is 19.1. The van der Waals surface area contributed by atoms with Gasteiger partial charge in [0.2, 0.25) is 0 Å². The Morgan fingerprint density at radius 3 is 2.80 bits per heavy atom. The van der Waals surface area contributed by atoms with Crippen molar-refractivity contribution in [1.82, 2.24) is 9.80 Å². The fraction of sp³-hybridized carbons (Fsp3) is 0.533. The van der Waals surface area contributed by atoms with Gasteiger partial charge < -0.3 is 5.11 Å². The number of benzene rings is 1. The molecule has 1 fully saturated rings. The van der Waals surface area contributed by atoms with Crippen molar-refractivity contribution < 1.29 is 14.3 Å². The molecule has 1 aromatic rings. The first-order valence-electron chi connectivity index (χ1n) is 7.00. The first-order valence-corrected chi connectivity index (χ1v) is 7.00. The fourth-order valence-electron chi connectivity index (χ4n) is 2.79. The summed E-state index contributed by atoms with van der Waals surface area (Å²) in [7, 11) is 0. The number of aromatic carboxylic acids is 1. The Hall–Kier alpha value is -1.46. The standard InChI is InChI=1S/C15H21FN2O2/c1-3-18-8-7-17(9-11(18)2)10-12-5-4-6-13(14(12)16)15(19)20/h4-6,11H,3,7-10H2,1-2H3,(H,19,20). The van der Waals surface area contributed by atoms with Gasteiger partial charge in [0, 0.05) is 37.8 Å². The normalized spacial score (nSPS) is 21.1. The van der Waals surface area contributed by atoms with Crippen LogP contribution in [0.25, 0.3) is 0 Å². The molecule has 1 atom stereocenters. The molecular formula is C15H21FN2O2. The molecule has 0 radical (unpaired) electrons. The van der Waals surface area contributed by atoms with E-state index in [-0.39, 0.29) is 5.56 Å². The lowest BCUT2D eigenvalue weighted by molar-refractivity contribution is 0.0689. The van der Waals surface area contributed by atoms with Crippen LogP contribution in [0.3, 0.4) is 0 Å². The van der Waals surface area contributed by atoms with E-state index in [4.69, 9.17) is 5.11 Å². The van der Waals surface area contributed by atoms with Gasteiger partial charge >= 0.3 is 5.97 Å². The molecule has 4 nitrogen and oxygen atoms in total. The van der Waals surface area contributed by atoms with Crippen LogP contribution in [-0.4, -0.2) is 53.1 Å². The number of carboxylic acid groups (broad SMARTS) is 1. The number of hydrogen-bond acceptors (Lipinski definition) is 3. The minimum Gasteiger partial charge on any atom is -0.478 e. The van der Waals surface area contributed by atoms with Crippen LogP contribution in [0.5, 0.6) is 0 Å². The zero-order chi connectivity index (χ0) is 14.7. The number of nitrogens with zero attached hydrogens (tertiary/aromatic N) is 2. The summed E-state index contributed by atoms with van der Waals surface area (Å²) in [5.41, 5.74) is 0.213. The molecule has 0 aliphatic carbocycles. The average Bonchev–Trinajstić information content (AvgIpc) is 2.41. The van der Waals surface area contributed by atoms with Crippen molar-refractivity contribution in [2.24, 2.45) is 0 Å². The van der Waals surface area contributed by atoms with Crippen LogP contribution in [0.2, 0.25) is 0 Å². The second kappa shape index (κ2) is 6.33. The van der Waals surface area contributed by atoms with Gasteiger partial charge in [-0.2, -0.15) is 0 Å². The van der Waals surface area contributed by atoms with Crippen molar-refractivity contribution >= 4 is 5.97 Å². The van der Waals surface area contributed by atoms with Crippen molar-refractivity contribution in [3.05, 3.63) is 35.1 Å². The van der Waals surface area contributed by atoms with Crippen molar-refractivity contribution in [3.8, 4) is 0 Å². The lowest BCUT2D eigenvalue weighted by Crippen LogP contribution is -2.51. The van der Waals surface area contributed by atoms with Crippen molar-refractivity contribution in [3.63, 3.8) is 0 Å². The molecule has 0 saturated carbocycles. The fourth-order valence-corrected chi connectivity index (χ4v) is 2.79. The van der Waals surface area contributed by atoms with Crippen LogP contribution in [0.15, 0.2) is 18.2 Å². The quantitative estimate of drug-likeness (QED) is 0.916. The van der Waals surface area contributed by atoms with Crippen LogP contribution in [-0.2, 0) is 6.54 Å². The van der Waals surface area contributed by atoms with Crippen LogP contribution >= 0.6 is 0 Å². The topological polar surface area (TPSA) is 43.8 Å². The van der Waals surface area contributed by atoms with Gasteiger partial charge in [-0.05, 0) is 19.5 Å². The van der Waals surface area contributed by atoms with Crippen LogP contribution < -0.4 is 0 Å². The van der Waals surface area contributed by atoms with Gasteiger partial charge in [0.25, 0.3) is 0 Å². The first kappa shape index (κ1) is 14.9. The molecule has 1 saturated heterocycles. The van der Waals surface area contributed by atoms with E-state index in [9.17, 15) is 9.18 Å². The third kappa shape index (κ3) is 3.16. The highest BCUT2D eigenvalue weighted by Gasteiger charge is 2.23. The zero-order valence-corrected chi connectivity index (χ0v) is 12.0. The Bertz CT molecular complexity index is 493. The second-order valence-electron chi connectivity index (χ2n) is 5.30. The molecule has 0 aromatic heterocycles. The number of piperazine rings is 1. The number of carbonyl (C=O) groups is 1. The van der Waals surface area contributed by atoms with E-state index in [2.05, 4.69) is 23.6 Å². The lowest BCUT2D eigenvalue weighted by Gasteiger charge is -2.39. The highest BCUT2D eigenvalue weighted by molar-refractivity contribution is 5.88. The van der Waals surface area contributed by atoms with Gasteiger partial charge in [-0.3, -0.25) is 9.80 Å². The summed E-state index contributed by atoms with van der Waals surface area (Å²) in [6.45, 7) is 8.53. The minimum absolute atomic E-state index is 0.247. The first-order chi connectivity index (χ1) is 9.52. The van der Waals surface area contributed by atoms with E-state index >= 15 is 0 Å². The number of hydrogen-bond donors (Lipinski definition) is 1. The zero-order valence-electron chi connectivity index (χ0n) is 12.0. The molecular weight excluding hydrogens is 259 g/mol. The molecule has 1 aliphatic rings. The number of likely N-dealkylation sites (N-methyl/N-ethyl adjacent to an activating group) is 1. The number of halogens is 1. The molecule has 0 amide bonds. The Balaban J connectivity index is 2.08. The van der Waals surface area contributed by atoms with Gasteiger partial charge in [-0.25, -0.2) is 9.18 Å². The predicted molar refractivity (Wildman–Crippen MR) is 75.3 cm³/mol. The van der Waals surface area contributed by atoms with Gasteiger partial charge in [-0.1, -0.05) is 19.1 Å². The largest absolute Gasteiger partial charge is 0.478 e. The Morgan fingerprint density at radius 1 is 1.45 bits per heavy atom. The summed E-state index contributed by atoms with van der Waals surface area (Å²) in [5, 5.41) is 8.94. The van der Waals surface area contributed by atoms with Crippen molar-refractivity contribution in [2.45, 2.75) is 26.4 Å². The van der Waals surface area contributed by atoms with Gasteiger partial charge in [0.15, 0.2) is 0 Å². The Labute approximate surface area is 118 Å². The molecule has 1 unspecified atom stereocenters. The van der Waals surface area contributed by atoms with E-state index in [1.165, 1.54) is 6.07 Å². The molecule has 0 bridgehead atoms. The maximum Gasteiger partial charge on any atom is 0.338 e. The average molecular weight is 280 g/mol. The molecule has 1 heterocycles. The number of rotatable bonds is 4. The Morgan fingerprint density at radius 2 is 2.20 bits per heavy atom. The third-order valence-corrected chi connectivity index (χ3v) is 3.96. The maximum absolute atomic E-state index is 14.1. The molecule has 110 valence electrons. The van der Waals surface area contributed by atoms with Crippen LogP contribution in [0, 0.1) is 5.82 Å². The summed E-state index contributed by atoms with van der Waals surface area (Å²) >= 11 is 0. The van der Waals surface area contributed by atoms with Crippen LogP contribution in [0.1, 0.15) is 29.8 Å². The van der Waals surface area contributed by atoms with Crippen molar-refractivity contribution in [2.75, 3.05) is 26.2 Å². The summed E-state index contributed by atoms with van der Waals surface area (Å²) in [5.74, 6) is -1.82. The molecule has 1 N–H and O–H groups in total. The Kier molecular flexibility index (Phi) is 4.73. The van der Waals surface area contributed by atoms with Gasteiger partial charge in [0.1, 0.15) is 5.82 Å². The lowest BCUT2D eigenvalue weighted by atomic mass is 10.1. The number of carboxylic acids is 1. The van der Waals surface area contributed by atoms with E-state index in [1.54, 1.807) is 12.1 Å². The molecule has 20 heavy (non-hydrogen) atoms. The predicted octanol–water partition coefficient (Wildman–Crippen LogP) is 2.05. The van der Waals surface area contributed by atoms with E-state index in [0.29, 0.717) is 18.2 Å². The monoisotopic (exact) mass is 280 g/mol. The summed E-state index contributed by atoms with van der Waals surface area (Å²) in [4.78, 5) is 15.5. The van der Waals surface area contributed by atoms with Crippen molar-refractivity contribution in [1.29, 1.82) is 0 Å². The van der Waals surface area contributed by atoms with Crippen LogP contribution in [0.4, 0.5) is 4.39 Å². The third-order valence-electron chi connectivity index (χ3n) is 3.96. The molecule has 2 rings (SSSR count). The molecule has 1 aliphatic heterocycles. The molecule has 5 heteroatoms. The summed E-state index contributed by atoms with van der Waals surface area (Å²) in [6.07, 6.45) is 0. The van der Waals surface area contributed by atoms with Gasteiger partial charge in [0.05, 0.1) is 5.56 Å². The molecule has 0 spiro atoms. The summed E-state index contributed by atoms with van der Waals surface area (Å²) < 4.78 is 14.1. The summed E-state index contributed by atoms with van der Waals surface area (Å²) in [6, 6.07) is 5.02. The maximum atomic E-state index is 14.1. The van der Waals surface area contributed by atoms with E-state index in [0.717, 1.165) is 26.2 Å². The van der Waals surface area contributed by atoms with E-state index < -0.39 is 11.8 Å². The van der Waals surface area contributed by atoms with Gasteiger partial charge in [-0.15, -0.1) is 0 Å². The highest BCUT2D eigenvalue weighted by Crippen LogP contribution is 2.17. The second-order valence-corrected chi connectivity index (χ2v) is 5.30. The smallest absolute Gasteiger partial charge is 0.338 e. The molecule has 1 aromatic carbocycles. The van der Waals surface area contributed by atoms with E-state index in [1.807, 2.05) is 0 Å².